The van der Waals surface area contributed by atoms with E-state index in [1.807, 2.05) is 0 Å². The maximum absolute atomic E-state index is 12.1. The van der Waals surface area contributed by atoms with Crippen LogP contribution in [0.3, 0.4) is 0 Å². The second kappa shape index (κ2) is 6.20. The summed E-state index contributed by atoms with van der Waals surface area (Å²) in [5.41, 5.74) is -0.0328. The molecule has 120 valence electrons. The molecule has 20 heavy (non-hydrogen) atoms. The van der Waals surface area contributed by atoms with Crippen LogP contribution >= 0.6 is 0 Å². The number of nitrogens with one attached hydrogen (secondary N) is 1. The Morgan fingerprint density at radius 2 is 1.90 bits per heavy atom. The minimum absolute atomic E-state index is 0.0816. The van der Waals surface area contributed by atoms with Crippen LogP contribution in [0.15, 0.2) is 0 Å². The average molecular weight is 296 g/mol. The third-order valence-electron chi connectivity index (χ3n) is 4.33. The summed E-state index contributed by atoms with van der Waals surface area (Å²) in [6, 6.07) is 0.271. The summed E-state index contributed by atoms with van der Waals surface area (Å²) in [6.07, 6.45) is -3.65. The summed E-state index contributed by atoms with van der Waals surface area (Å²) in [5.74, 6) is 0. The highest BCUT2D eigenvalue weighted by Crippen LogP contribution is 2.29. The van der Waals surface area contributed by atoms with Gasteiger partial charge in [0.2, 0.25) is 0 Å². The third-order valence-corrected chi connectivity index (χ3v) is 4.33. The van der Waals surface area contributed by atoms with Gasteiger partial charge in [-0.2, -0.15) is 0 Å². The number of hydrogen-bond acceptors (Lipinski definition) is 3. The summed E-state index contributed by atoms with van der Waals surface area (Å²) in [7, 11) is 0. The van der Waals surface area contributed by atoms with Crippen LogP contribution in [0.25, 0.3) is 0 Å². The van der Waals surface area contributed by atoms with Crippen LogP contribution in [0, 0.1) is 5.41 Å². The highest BCUT2D eigenvalue weighted by molar-refractivity contribution is 4.98. The van der Waals surface area contributed by atoms with E-state index in [1.165, 1.54) is 0 Å². The fourth-order valence-electron chi connectivity index (χ4n) is 2.52. The molecule has 0 spiro atoms. The molecule has 1 rings (SSSR count). The van der Waals surface area contributed by atoms with Gasteiger partial charge in [-0.1, -0.05) is 27.7 Å². The first kappa shape index (κ1) is 17.7. The van der Waals surface area contributed by atoms with Crippen molar-refractivity contribution < 1.29 is 17.9 Å². The predicted molar refractivity (Wildman–Crippen MR) is 73.5 cm³/mol. The maximum Gasteiger partial charge on any atom is 0.522 e. The first-order valence-electron chi connectivity index (χ1n) is 7.17. The molecule has 3 nitrogen and oxygen atoms in total. The summed E-state index contributed by atoms with van der Waals surface area (Å²) in [4.78, 5) is 2.13. The minimum Gasteiger partial charge on any atom is -0.310 e. The van der Waals surface area contributed by atoms with Gasteiger partial charge in [0, 0.05) is 31.2 Å². The SMILES string of the molecule is CCC1(C)CNC(C(C)(C)C)CN1CCOC(F)(F)F. The molecule has 1 saturated heterocycles. The number of nitrogens with zero attached hydrogens (tertiary/aromatic N) is 1. The lowest BCUT2D eigenvalue weighted by Gasteiger charge is -2.51. The lowest BCUT2D eigenvalue weighted by Crippen LogP contribution is -2.66. The van der Waals surface area contributed by atoms with Gasteiger partial charge in [-0.3, -0.25) is 9.64 Å². The Hall–Kier alpha value is -0.330. The predicted octanol–water partition coefficient (Wildman–Crippen LogP) is 3.01. The minimum atomic E-state index is -4.54. The van der Waals surface area contributed by atoms with Gasteiger partial charge in [-0.05, 0) is 18.8 Å². The molecular weight excluding hydrogens is 269 g/mol. The fourth-order valence-corrected chi connectivity index (χ4v) is 2.52. The lowest BCUT2D eigenvalue weighted by molar-refractivity contribution is -0.325. The molecular formula is C14H27F3N2O. The zero-order valence-corrected chi connectivity index (χ0v) is 13.1. The van der Waals surface area contributed by atoms with E-state index in [1.54, 1.807) is 0 Å². The van der Waals surface area contributed by atoms with E-state index in [-0.39, 0.29) is 23.6 Å². The first-order valence-corrected chi connectivity index (χ1v) is 7.17. The van der Waals surface area contributed by atoms with Crippen LogP contribution in [0.4, 0.5) is 13.2 Å². The molecule has 2 atom stereocenters. The van der Waals surface area contributed by atoms with Gasteiger partial charge in [0.15, 0.2) is 0 Å². The van der Waals surface area contributed by atoms with E-state index in [2.05, 4.69) is 49.6 Å². The fraction of sp³-hybridized carbons (Fsp3) is 1.00. The maximum atomic E-state index is 12.1. The Morgan fingerprint density at radius 3 is 2.35 bits per heavy atom. The Kier molecular flexibility index (Phi) is 5.49. The average Bonchev–Trinajstić information content (AvgIpc) is 2.28. The zero-order chi connectivity index (χ0) is 15.6. The molecule has 0 aliphatic carbocycles. The monoisotopic (exact) mass is 296 g/mol. The van der Waals surface area contributed by atoms with Crippen molar-refractivity contribution in [3.8, 4) is 0 Å². The molecule has 1 N–H and O–H groups in total. The van der Waals surface area contributed by atoms with E-state index in [0.717, 1.165) is 19.5 Å². The summed E-state index contributed by atoms with van der Waals surface area (Å²) < 4.78 is 40.2. The largest absolute Gasteiger partial charge is 0.522 e. The van der Waals surface area contributed by atoms with Gasteiger partial charge < -0.3 is 5.32 Å². The Balaban J connectivity index is 2.65. The topological polar surface area (TPSA) is 24.5 Å². The molecule has 1 fully saturated rings. The molecule has 0 aromatic heterocycles. The highest BCUT2D eigenvalue weighted by Gasteiger charge is 2.40. The van der Waals surface area contributed by atoms with Gasteiger partial charge in [-0.15, -0.1) is 13.2 Å². The van der Waals surface area contributed by atoms with Gasteiger partial charge in [0.25, 0.3) is 0 Å². The molecule has 2 unspecified atom stereocenters. The second-order valence-corrected chi connectivity index (χ2v) is 6.89. The molecule has 0 bridgehead atoms. The van der Waals surface area contributed by atoms with Crippen molar-refractivity contribution in [1.82, 2.24) is 10.2 Å². The third kappa shape index (κ3) is 4.90. The van der Waals surface area contributed by atoms with Crippen LogP contribution in [-0.4, -0.2) is 49.1 Å². The Morgan fingerprint density at radius 1 is 1.30 bits per heavy atom. The van der Waals surface area contributed by atoms with Crippen molar-refractivity contribution in [3.63, 3.8) is 0 Å². The molecule has 6 heteroatoms. The number of rotatable bonds is 4. The van der Waals surface area contributed by atoms with Crippen molar-refractivity contribution in [2.75, 3.05) is 26.2 Å². The van der Waals surface area contributed by atoms with Crippen molar-refractivity contribution in [3.05, 3.63) is 0 Å². The van der Waals surface area contributed by atoms with Gasteiger partial charge in [-0.25, -0.2) is 0 Å². The molecule has 1 aliphatic rings. The van der Waals surface area contributed by atoms with Crippen LogP contribution in [0.2, 0.25) is 0 Å². The lowest BCUT2D eigenvalue weighted by atomic mass is 9.81. The number of ether oxygens (including phenoxy) is 1. The molecule has 1 heterocycles. The zero-order valence-electron chi connectivity index (χ0n) is 13.1. The van der Waals surface area contributed by atoms with Crippen LogP contribution in [-0.2, 0) is 4.74 Å². The molecule has 0 aromatic carbocycles. The Bertz CT molecular complexity index is 315. The van der Waals surface area contributed by atoms with Gasteiger partial charge in [0.1, 0.15) is 0 Å². The number of hydrogen-bond donors (Lipinski definition) is 1. The van der Waals surface area contributed by atoms with E-state index < -0.39 is 6.36 Å². The van der Waals surface area contributed by atoms with Crippen molar-refractivity contribution in [2.45, 2.75) is 59.0 Å². The highest BCUT2D eigenvalue weighted by atomic mass is 19.4. The quantitative estimate of drug-likeness (QED) is 0.863. The van der Waals surface area contributed by atoms with E-state index in [0.29, 0.717) is 6.54 Å². The normalized spacial score (nSPS) is 29.7. The van der Waals surface area contributed by atoms with Gasteiger partial charge >= 0.3 is 6.36 Å². The number of piperazine rings is 1. The van der Waals surface area contributed by atoms with Crippen molar-refractivity contribution in [1.29, 1.82) is 0 Å². The van der Waals surface area contributed by atoms with Crippen LogP contribution in [0.5, 0.6) is 0 Å². The summed E-state index contributed by atoms with van der Waals surface area (Å²) in [5, 5.41) is 3.53. The van der Waals surface area contributed by atoms with Crippen molar-refractivity contribution in [2.24, 2.45) is 5.41 Å². The Labute approximate surface area is 119 Å². The molecule has 0 saturated carbocycles. The first-order chi connectivity index (χ1) is 8.98. The molecule has 0 radical (unpaired) electrons. The van der Waals surface area contributed by atoms with Gasteiger partial charge in [0.05, 0.1) is 6.61 Å². The molecule has 1 aliphatic heterocycles. The molecule has 0 aromatic rings. The van der Waals surface area contributed by atoms with E-state index >= 15 is 0 Å². The number of alkyl halides is 3. The number of halogens is 3. The van der Waals surface area contributed by atoms with Crippen LogP contribution in [0.1, 0.15) is 41.0 Å². The molecule has 0 amide bonds. The summed E-state index contributed by atoms with van der Waals surface area (Å²) >= 11 is 0. The van der Waals surface area contributed by atoms with Crippen LogP contribution < -0.4 is 5.32 Å². The van der Waals surface area contributed by atoms with E-state index in [4.69, 9.17) is 0 Å². The summed E-state index contributed by atoms with van der Waals surface area (Å²) in [6.45, 7) is 12.1. The second-order valence-electron chi connectivity index (χ2n) is 6.89. The van der Waals surface area contributed by atoms with Crippen molar-refractivity contribution >= 4 is 0 Å². The van der Waals surface area contributed by atoms with E-state index in [9.17, 15) is 13.2 Å². The smallest absolute Gasteiger partial charge is 0.310 e. The standard InChI is InChI=1S/C14H27F3N2O/c1-6-13(5)10-18-11(12(2,3)4)9-19(13)7-8-20-14(15,16)17/h11,18H,6-10H2,1-5H3.